The molecule has 17 nitrogen and oxygen atoms in total. The molecule has 3 atom stereocenters. The molecular formula is C30H38N4O13. The summed E-state index contributed by atoms with van der Waals surface area (Å²) in [7, 11) is 0. The molecule has 2 aromatic rings. The van der Waals surface area contributed by atoms with Crippen molar-refractivity contribution in [2.45, 2.75) is 58.4 Å². The molecule has 256 valence electrons. The van der Waals surface area contributed by atoms with E-state index in [1.165, 1.54) is 24.3 Å². The fraction of sp³-hybridized carbons (Fsp3) is 0.433. The van der Waals surface area contributed by atoms with Gasteiger partial charge in [0.2, 0.25) is 11.8 Å². The number of unbranched alkanes of at least 4 members (excludes halogenated alkanes) is 2. The minimum Gasteiger partial charge on any atom is -0.482 e. The van der Waals surface area contributed by atoms with Crippen LogP contribution in [0.3, 0.4) is 0 Å². The summed E-state index contributed by atoms with van der Waals surface area (Å²) >= 11 is 0. The Morgan fingerprint density at radius 3 is 2.17 bits per heavy atom. The summed E-state index contributed by atoms with van der Waals surface area (Å²) in [5, 5.41) is 43.4. The third kappa shape index (κ3) is 11.8. The van der Waals surface area contributed by atoms with Crippen LogP contribution in [0.15, 0.2) is 34.7 Å². The molecule has 8 N–H and O–H groups in total. The van der Waals surface area contributed by atoms with Gasteiger partial charge in [0.15, 0.2) is 12.4 Å². The summed E-state index contributed by atoms with van der Waals surface area (Å²) in [5.41, 5.74) is 1.50. The second-order valence-electron chi connectivity index (χ2n) is 10.4. The molecule has 17 heteroatoms. The van der Waals surface area contributed by atoms with Crippen molar-refractivity contribution < 1.29 is 63.2 Å². The van der Waals surface area contributed by atoms with Gasteiger partial charge in [0.1, 0.15) is 17.6 Å². The van der Waals surface area contributed by atoms with Gasteiger partial charge < -0.3 is 40.4 Å². The van der Waals surface area contributed by atoms with Crippen LogP contribution in [0.5, 0.6) is 5.75 Å². The molecule has 2 rings (SSSR count). The number of rotatable bonds is 20. The Morgan fingerprint density at radius 1 is 0.851 bits per heavy atom. The number of ether oxygens (including phenoxy) is 1. The molecule has 0 bridgehead atoms. The lowest BCUT2D eigenvalue weighted by Gasteiger charge is -2.24. The van der Waals surface area contributed by atoms with Crippen LogP contribution in [-0.2, 0) is 24.0 Å². The number of hydroxylamine groups is 1. The van der Waals surface area contributed by atoms with Crippen LogP contribution in [0.1, 0.15) is 73.3 Å². The number of hydrogen-bond acceptors (Lipinski definition) is 10. The molecule has 0 aliphatic rings. The fourth-order valence-corrected chi connectivity index (χ4v) is 4.63. The van der Waals surface area contributed by atoms with Gasteiger partial charge in [-0.2, -0.15) is 0 Å². The summed E-state index contributed by atoms with van der Waals surface area (Å²) in [6.07, 6.45) is 2.20. The summed E-state index contributed by atoms with van der Waals surface area (Å²) in [4.78, 5) is 84.1. The number of carboxylic acids is 3. The minimum atomic E-state index is -1.77. The van der Waals surface area contributed by atoms with Crippen LogP contribution in [0, 0.1) is 11.8 Å². The normalized spacial score (nSPS) is 12.6. The first-order valence-electron chi connectivity index (χ1n) is 14.7. The molecule has 0 unspecified atom stereocenters. The number of hydrogen-bond donors (Lipinski definition) is 8. The van der Waals surface area contributed by atoms with Crippen LogP contribution in [-0.4, -0.2) is 81.4 Å². The van der Waals surface area contributed by atoms with Crippen molar-refractivity contribution in [3.8, 4) is 17.1 Å². The highest BCUT2D eigenvalue weighted by atomic mass is 16.5. The van der Waals surface area contributed by atoms with Crippen molar-refractivity contribution >= 4 is 41.5 Å². The van der Waals surface area contributed by atoms with Gasteiger partial charge in [-0.3, -0.25) is 29.2 Å². The first-order valence-corrected chi connectivity index (χ1v) is 14.7. The average molecular weight is 663 g/mol. The Hall–Kier alpha value is -5.45. The molecule has 47 heavy (non-hydrogen) atoms. The highest BCUT2D eigenvalue weighted by Gasteiger charge is 2.32. The zero-order valence-electron chi connectivity index (χ0n) is 25.7. The zero-order chi connectivity index (χ0) is 35.1. The highest BCUT2D eigenvalue weighted by molar-refractivity contribution is 5.99. The molecule has 0 saturated heterocycles. The van der Waals surface area contributed by atoms with E-state index in [9.17, 15) is 38.7 Å². The Balaban J connectivity index is 2.21. The summed E-state index contributed by atoms with van der Waals surface area (Å²) < 4.78 is 10.8. The number of carbonyl (C=O) groups excluding carboxylic acids is 4. The van der Waals surface area contributed by atoms with Gasteiger partial charge in [-0.1, -0.05) is 33.1 Å². The van der Waals surface area contributed by atoms with E-state index < -0.39 is 72.4 Å². The second-order valence-corrected chi connectivity index (χ2v) is 10.4. The van der Waals surface area contributed by atoms with E-state index >= 15 is 0 Å². The van der Waals surface area contributed by atoms with E-state index in [0.29, 0.717) is 19.3 Å². The lowest BCUT2D eigenvalue weighted by atomic mass is 9.84. The Kier molecular flexibility index (Phi) is 14.9. The monoisotopic (exact) mass is 662 g/mol. The van der Waals surface area contributed by atoms with E-state index in [4.69, 9.17) is 24.6 Å². The lowest BCUT2D eigenvalue weighted by molar-refractivity contribution is -0.145. The summed E-state index contributed by atoms with van der Waals surface area (Å²) in [6, 6.07) is 4.53. The Morgan fingerprint density at radius 2 is 1.57 bits per heavy atom. The van der Waals surface area contributed by atoms with Gasteiger partial charge in [-0.15, -0.1) is 0 Å². The third-order valence-electron chi connectivity index (χ3n) is 6.97. The molecule has 1 aromatic carbocycles. The van der Waals surface area contributed by atoms with Gasteiger partial charge in [0, 0.05) is 17.0 Å². The number of carbonyl (C=O) groups is 7. The molecular weight excluding hydrogens is 624 g/mol. The molecule has 0 fully saturated rings. The topological polar surface area (TPSA) is 271 Å². The number of amides is 4. The largest absolute Gasteiger partial charge is 0.482 e. The van der Waals surface area contributed by atoms with Crippen molar-refractivity contribution in [1.29, 1.82) is 0 Å². The molecule has 0 spiro atoms. The molecule has 1 heterocycles. The Labute approximate surface area is 268 Å². The number of nitrogens with one attached hydrogen (secondary N) is 4. The molecule has 1 aromatic heterocycles. The number of aliphatic carboxylic acids is 3. The smallest absolute Gasteiger partial charge is 0.341 e. The van der Waals surface area contributed by atoms with Gasteiger partial charge in [-0.05, 0) is 43.2 Å². The fourth-order valence-electron chi connectivity index (χ4n) is 4.63. The van der Waals surface area contributed by atoms with Gasteiger partial charge in [0.05, 0.1) is 19.0 Å². The van der Waals surface area contributed by atoms with E-state index in [1.54, 1.807) is 12.4 Å². The third-order valence-corrected chi connectivity index (χ3v) is 6.97. The molecule has 0 radical (unpaired) electrons. The number of benzene rings is 1. The van der Waals surface area contributed by atoms with Gasteiger partial charge >= 0.3 is 17.9 Å². The minimum absolute atomic E-state index is 0.0196. The highest BCUT2D eigenvalue weighted by Crippen LogP contribution is 2.28. The SMILES string of the molecule is CCCCC[C@@H](C(=O)NCNC(=O)c1ccc(-c2cc(OCC(=O)O)cc(C(=O)N[C@@H](CC(=O)O)C(=O)O)c2)o1)[C@@H](CC)C(=O)NO. The molecule has 0 aliphatic carbocycles. The van der Waals surface area contributed by atoms with Crippen LogP contribution in [0.25, 0.3) is 11.3 Å². The van der Waals surface area contributed by atoms with E-state index in [0.717, 1.165) is 18.9 Å². The molecule has 4 amide bonds. The van der Waals surface area contributed by atoms with E-state index in [2.05, 4.69) is 16.0 Å². The van der Waals surface area contributed by atoms with Crippen molar-refractivity contribution in [2.75, 3.05) is 13.3 Å². The van der Waals surface area contributed by atoms with Crippen LogP contribution in [0.2, 0.25) is 0 Å². The molecule has 0 aliphatic heterocycles. The molecule has 0 saturated carbocycles. The lowest BCUT2D eigenvalue weighted by Crippen LogP contribution is -2.44. The van der Waals surface area contributed by atoms with E-state index in [-0.39, 0.29) is 35.1 Å². The van der Waals surface area contributed by atoms with Crippen LogP contribution >= 0.6 is 0 Å². The van der Waals surface area contributed by atoms with Crippen molar-refractivity contribution in [3.05, 3.63) is 41.7 Å². The predicted octanol–water partition coefficient (Wildman–Crippen LogP) is 1.60. The second kappa shape index (κ2) is 18.5. The standard InChI is InChI=1S/C30H38N4O13/c1-3-5-6-7-20(19(4-2)28(41)34-45)27(40)31-15-32-29(42)23-9-8-22(47-23)16-10-17(12-18(11-16)46-14-25(37)38)26(39)33-21(30(43)44)13-24(35)36/h8-12,19-21,45H,3-7,13-15H2,1-2H3,(H,31,40)(H,32,42)(H,33,39)(H,34,41)(H,35,36)(H,37,38)(H,43,44)/t19-,20-,21+/m1/s1. The van der Waals surface area contributed by atoms with Crippen LogP contribution < -0.4 is 26.2 Å². The quantitative estimate of drug-likeness (QED) is 0.0434. The number of carboxylic acid groups (broad SMARTS) is 3. The summed E-state index contributed by atoms with van der Waals surface area (Å²) in [6.45, 7) is 2.59. The first kappa shape index (κ1) is 37.7. The van der Waals surface area contributed by atoms with Crippen molar-refractivity contribution in [2.24, 2.45) is 11.8 Å². The van der Waals surface area contributed by atoms with Gasteiger partial charge in [-0.25, -0.2) is 15.1 Å². The maximum absolute atomic E-state index is 12.9. The Bertz CT molecular complexity index is 1450. The van der Waals surface area contributed by atoms with Gasteiger partial charge in [0.25, 0.3) is 11.8 Å². The zero-order valence-corrected chi connectivity index (χ0v) is 25.7. The predicted molar refractivity (Wildman–Crippen MR) is 160 cm³/mol. The average Bonchev–Trinajstić information content (AvgIpc) is 3.53. The maximum Gasteiger partial charge on any atom is 0.341 e. The van der Waals surface area contributed by atoms with Crippen molar-refractivity contribution in [3.63, 3.8) is 0 Å². The van der Waals surface area contributed by atoms with Crippen molar-refractivity contribution in [1.82, 2.24) is 21.4 Å². The number of furan rings is 1. The summed E-state index contributed by atoms with van der Waals surface area (Å²) in [5.74, 6) is -9.16. The maximum atomic E-state index is 12.9. The van der Waals surface area contributed by atoms with Crippen LogP contribution in [0.4, 0.5) is 0 Å². The van der Waals surface area contributed by atoms with E-state index in [1.807, 2.05) is 6.92 Å². The first-order chi connectivity index (χ1) is 22.3.